The fourth-order valence-corrected chi connectivity index (χ4v) is 1.95. The molecule has 0 aliphatic carbocycles. The molecular weight excluding hydrogens is 160 g/mol. The summed E-state index contributed by atoms with van der Waals surface area (Å²) in [4.78, 5) is 4.94. The predicted octanol–water partition coefficient (Wildman–Crippen LogP) is 1.81. The van der Waals surface area contributed by atoms with Gasteiger partial charge in [0.1, 0.15) is 0 Å². The minimum Gasteiger partial charge on any atom is -0.304 e. The summed E-state index contributed by atoms with van der Waals surface area (Å²) in [5.41, 5.74) is 0. The van der Waals surface area contributed by atoms with Gasteiger partial charge in [-0.1, -0.05) is 0 Å². The van der Waals surface area contributed by atoms with Gasteiger partial charge in [0.15, 0.2) is 0 Å². The van der Waals surface area contributed by atoms with E-state index in [0.29, 0.717) is 6.04 Å². The minimum absolute atomic E-state index is 0.687. The van der Waals surface area contributed by atoms with Gasteiger partial charge < -0.3 is 9.80 Å². The average molecular weight is 184 g/mol. The summed E-state index contributed by atoms with van der Waals surface area (Å²) >= 11 is 0. The molecule has 1 atom stereocenters. The van der Waals surface area contributed by atoms with Gasteiger partial charge in [0.2, 0.25) is 0 Å². The number of likely N-dealkylation sites (tertiary alicyclic amines) is 1. The first kappa shape index (κ1) is 11.0. The Balaban J connectivity index is 2.18. The Kier molecular flexibility index (Phi) is 4.20. The highest BCUT2D eigenvalue weighted by atomic mass is 15.2. The second kappa shape index (κ2) is 4.97. The maximum absolute atomic E-state index is 2.51. The molecule has 78 valence electrons. The number of rotatable bonds is 4. The van der Waals surface area contributed by atoms with E-state index in [0.717, 1.165) is 6.04 Å². The maximum Gasteiger partial charge on any atom is 0.0105 e. The Hall–Kier alpha value is -0.0800. The van der Waals surface area contributed by atoms with E-state index in [2.05, 4.69) is 37.7 Å². The number of nitrogens with zero attached hydrogens (tertiary/aromatic N) is 2. The van der Waals surface area contributed by atoms with Crippen LogP contribution in [0.1, 0.15) is 33.1 Å². The van der Waals surface area contributed by atoms with Gasteiger partial charge in [-0.25, -0.2) is 0 Å². The molecule has 1 fully saturated rings. The Bertz CT molecular complexity index is 145. The monoisotopic (exact) mass is 184 g/mol. The third kappa shape index (κ3) is 3.28. The summed E-state index contributed by atoms with van der Waals surface area (Å²) in [5, 5.41) is 0. The maximum atomic E-state index is 2.51. The van der Waals surface area contributed by atoms with E-state index >= 15 is 0 Å². The van der Waals surface area contributed by atoms with Gasteiger partial charge in [-0.05, 0) is 60.3 Å². The van der Waals surface area contributed by atoms with Crippen LogP contribution in [0.2, 0.25) is 0 Å². The zero-order chi connectivity index (χ0) is 9.84. The molecule has 0 saturated carbocycles. The number of hydrogen-bond acceptors (Lipinski definition) is 2. The van der Waals surface area contributed by atoms with Gasteiger partial charge in [0.25, 0.3) is 0 Å². The Morgan fingerprint density at radius 1 is 1.46 bits per heavy atom. The van der Waals surface area contributed by atoms with Crippen LogP contribution < -0.4 is 0 Å². The Morgan fingerprint density at radius 2 is 2.15 bits per heavy atom. The SMILES string of the molecule is CC(C)N(C)CCC1CCCN1C. The van der Waals surface area contributed by atoms with Gasteiger partial charge >= 0.3 is 0 Å². The first-order chi connectivity index (χ1) is 6.11. The second-order valence-corrected chi connectivity index (χ2v) is 4.64. The molecule has 0 aromatic carbocycles. The van der Waals surface area contributed by atoms with E-state index in [1.54, 1.807) is 0 Å². The van der Waals surface area contributed by atoms with Crippen LogP contribution in [-0.4, -0.2) is 49.1 Å². The molecule has 2 nitrogen and oxygen atoms in total. The summed E-state index contributed by atoms with van der Waals surface area (Å²) in [6.45, 7) is 7.07. The lowest BCUT2D eigenvalue weighted by Crippen LogP contribution is -2.33. The van der Waals surface area contributed by atoms with E-state index in [1.807, 2.05) is 0 Å². The van der Waals surface area contributed by atoms with Crippen LogP contribution in [0.25, 0.3) is 0 Å². The van der Waals surface area contributed by atoms with E-state index < -0.39 is 0 Å². The topological polar surface area (TPSA) is 6.48 Å². The lowest BCUT2D eigenvalue weighted by atomic mass is 10.1. The van der Waals surface area contributed by atoms with Crippen molar-refractivity contribution >= 4 is 0 Å². The summed E-state index contributed by atoms with van der Waals surface area (Å²) in [7, 11) is 4.48. The van der Waals surface area contributed by atoms with Gasteiger partial charge in [-0.3, -0.25) is 0 Å². The first-order valence-electron chi connectivity index (χ1n) is 5.51. The smallest absolute Gasteiger partial charge is 0.0105 e. The van der Waals surface area contributed by atoms with E-state index in [9.17, 15) is 0 Å². The molecule has 0 radical (unpaired) electrons. The van der Waals surface area contributed by atoms with Crippen LogP contribution in [0.15, 0.2) is 0 Å². The molecule has 1 aliphatic rings. The first-order valence-corrected chi connectivity index (χ1v) is 5.51. The standard InChI is InChI=1S/C11H24N2/c1-10(2)12(3)9-7-11-6-5-8-13(11)4/h10-11H,5-9H2,1-4H3. The van der Waals surface area contributed by atoms with Crippen LogP contribution in [0.5, 0.6) is 0 Å². The molecule has 1 saturated heterocycles. The normalized spacial score (nSPS) is 24.9. The van der Waals surface area contributed by atoms with Gasteiger partial charge in [0, 0.05) is 12.1 Å². The van der Waals surface area contributed by atoms with Crippen LogP contribution in [0.4, 0.5) is 0 Å². The lowest BCUT2D eigenvalue weighted by Gasteiger charge is -2.25. The predicted molar refractivity (Wildman–Crippen MR) is 58.0 cm³/mol. The summed E-state index contributed by atoms with van der Waals surface area (Å²) in [5.74, 6) is 0. The van der Waals surface area contributed by atoms with Crippen molar-refractivity contribution in [2.45, 2.75) is 45.2 Å². The van der Waals surface area contributed by atoms with Crippen molar-refractivity contribution in [3.05, 3.63) is 0 Å². The van der Waals surface area contributed by atoms with Crippen molar-refractivity contribution in [2.24, 2.45) is 0 Å². The van der Waals surface area contributed by atoms with Crippen LogP contribution in [0, 0.1) is 0 Å². The molecule has 0 N–H and O–H groups in total. The Labute approximate surface area is 82.9 Å². The van der Waals surface area contributed by atoms with E-state index in [1.165, 1.54) is 32.4 Å². The molecule has 0 aromatic rings. The zero-order valence-electron chi connectivity index (χ0n) is 9.58. The fraction of sp³-hybridized carbons (Fsp3) is 1.00. The molecule has 1 unspecified atom stereocenters. The van der Waals surface area contributed by atoms with Crippen molar-refractivity contribution in [3.63, 3.8) is 0 Å². The van der Waals surface area contributed by atoms with Gasteiger partial charge in [-0.2, -0.15) is 0 Å². The number of hydrogen-bond donors (Lipinski definition) is 0. The van der Waals surface area contributed by atoms with Crippen LogP contribution in [-0.2, 0) is 0 Å². The molecule has 2 heteroatoms. The Morgan fingerprint density at radius 3 is 2.62 bits per heavy atom. The summed E-state index contributed by atoms with van der Waals surface area (Å²) in [6, 6.07) is 1.54. The fourth-order valence-electron chi connectivity index (χ4n) is 1.95. The van der Waals surface area contributed by atoms with Gasteiger partial charge in [0.05, 0.1) is 0 Å². The van der Waals surface area contributed by atoms with Crippen LogP contribution >= 0.6 is 0 Å². The third-order valence-corrected chi connectivity index (χ3v) is 3.37. The molecule has 1 rings (SSSR count). The van der Waals surface area contributed by atoms with Crippen molar-refractivity contribution in [1.82, 2.24) is 9.80 Å². The molecule has 1 aliphatic heterocycles. The molecule has 0 aromatic heterocycles. The highest BCUT2D eigenvalue weighted by Crippen LogP contribution is 2.17. The highest BCUT2D eigenvalue weighted by Gasteiger charge is 2.20. The lowest BCUT2D eigenvalue weighted by molar-refractivity contribution is 0.223. The van der Waals surface area contributed by atoms with Crippen molar-refractivity contribution in [3.8, 4) is 0 Å². The second-order valence-electron chi connectivity index (χ2n) is 4.64. The summed E-state index contributed by atoms with van der Waals surface area (Å²) < 4.78 is 0. The van der Waals surface area contributed by atoms with Crippen molar-refractivity contribution < 1.29 is 0 Å². The molecular formula is C11H24N2. The highest BCUT2D eigenvalue weighted by molar-refractivity contribution is 4.77. The molecule has 0 amide bonds. The average Bonchev–Trinajstić information content (AvgIpc) is 2.47. The van der Waals surface area contributed by atoms with Crippen molar-refractivity contribution in [1.29, 1.82) is 0 Å². The minimum atomic E-state index is 0.687. The molecule has 13 heavy (non-hydrogen) atoms. The van der Waals surface area contributed by atoms with E-state index in [-0.39, 0.29) is 0 Å². The quantitative estimate of drug-likeness (QED) is 0.657. The molecule has 0 spiro atoms. The third-order valence-electron chi connectivity index (χ3n) is 3.37. The molecule has 1 heterocycles. The largest absolute Gasteiger partial charge is 0.304 e. The van der Waals surface area contributed by atoms with E-state index in [4.69, 9.17) is 0 Å². The molecule has 0 bridgehead atoms. The summed E-state index contributed by atoms with van der Waals surface area (Å²) in [6.07, 6.45) is 4.14. The zero-order valence-corrected chi connectivity index (χ0v) is 9.58. The van der Waals surface area contributed by atoms with Gasteiger partial charge in [-0.15, -0.1) is 0 Å². The van der Waals surface area contributed by atoms with Crippen LogP contribution in [0.3, 0.4) is 0 Å². The van der Waals surface area contributed by atoms with Crippen molar-refractivity contribution in [2.75, 3.05) is 27.2 Å².